The summed E-state index contributed by atoms with van der Waals surface area (Å²) >= 11 is 1.68. The molecule has 0 N–H and O–H groups in total. The van der Waals surface area contributed by atoms with Gasteiger partial charge in [-0.15, -0.1) is 21.5 Å². The van der Waals surface area contributed by atoms with Gasteiger partial charge in [0.15, 0.2) is 0 Å². The Bertz CT molecular complexity index is 579. The van der Waals surface area contributed by atoms with Gasteiger partial charge in [0, 0.05) is 4.88 Å². The van der Waals surface area contributed by atoms with Crippen LogP contribution in [0, 0.1) is 0 Å². The number of aromatic nitrogens is 2. The van der Waals surface area contributed by atoms with Crippen LogP contribution in [-0.4, -0.2) is 22.8 Å². The van der Waals surface area contributed by atoms with E-state index in [0.29, 0.717) is 12.5 Å². The molecule has 0 unspecified atom stereocenters. The van der Waals surface area contributed by atoms with Gasteiger partial charge in [-0.3, -0.25) is 0 Å². The fourth-order valence-corrected chi connectivity index (χ4v) is 3.37. The summed E-state index contributed by atoms with van der Waals surface area (Å²) in [6.45, 7) is 2.03. The number of carbonyl (C=O) groups is 1. The van der Waals surface area contributed by atoms with Gasteiger partial charge in [0.2, 0.25) is 0 Å². The maximum atomic E-state index is 11.5. The second kappa shape index (κ2) is 5.13. The molecule has 2 aromatic heterocycles. The van der Waals surface area contributed by atoms with Gasteiger partial charge < -0.3 is 9.15 Å². The predicted molar refractivity (Wildman–Crippen MR) is 70.2 cm³/mol. The van der Waals surface area contributed by atoms with Crippen LogP contribution < -0.4 is 0 Å². The first-order valence-electron chi connectivity index (χ1n) is 6.40. The summed E-state index contributed by atoms with van der Waals surface area (Å²) < 4.78 is 10.2. The van der Waals surface area contributed by atoms with Crippen LogP contribution in [0.2, 0.25) is 0 Å². The minimum absolute atomic E-state index is 0.0804. The van der Waals surface area contributed by atoms with Crippen LogP contribution in [0.15, 0.2) is 10.5 Å². The molecule has 19 heavy (non-hydrogen) atoms. The highest BCUT2D eigenvalue weighted by Crippen LogP contribution is 2.35. The Kier molecular flexibility index (Phi) is 3.33. The van der Waals surface area contributed by atoms with Crippen molar-refractivity contribution < 1.29 is 13.9 Å². The largest absolute Gasteiger partial charge is 0.459 e. The van der Waals surface area contributed by atoms with Crippen molar-refractivity contribution in [3.05, 3.63) is 22.4 Å². The van der Waals surface area contributed by atoms with E-state index in [2.05, 4.69) is 16.3 Å². The molecule has 100 valence electrons. The number of thiophene rings is 1. The molecular weight excluding hydrogens is 264 g/mol. The van der Waals surface area contributed by atoms with Crippen molar-refractivity contribution in [1.29, 1.82) is 0 Å². The third kappa shape index (κ3) is 2.40. The highest BCUT2D eigenvalue weighted by molar-refractivity contribution is 7.15. The second-order valence-electron chi connectivity index (χ2n) is 4.40. The zero-order chi connectivity index (χ0) is 13.2. The average Bonchev–Trinajstić information content (AvgIpc) is 3.05. The lowest BCUT2D eigenvalue weighted by molar-refractivity contribution is 0.0481. The van der Waals surface area contributed by atoms with Gasteiger partial charge in [0.05, 0.1) is 11.5 Å². The number of hydrogen-bond acceptors (Lipinski definition) is 6. The molecule has 3 rings (SSSR count). The summed E-state index contributed by atoms with van der Waals surface area (Å²) in [6.07, 6.45) is 4.72. The quantitative estimate of drug-likeness (QED) is 0.808. The average molecular weight is 278 g/mol. The van der Waals surface area contributed by atoms with Gasteiger partial charge in [0.25, 0.3) is 5.89 Å². The maximum absolute atomic E-state index is 11.5. The lowest BCUT2D eigenvalue weighted by Gasteiger charge is -2.08. The van der Waals surface area contributed by atoms with Crippen LogP contribution in [0.4, 0.5) is 0 Å². The first kappa shape index (κ1) is 12.3. The lowest BCUT2D eigenvalue weighted by atomic mass is 9.99. The summed E-state index contributed by atoms with van der Waals surface area (Å²) in [6, 6.07) is 2.10. The molecule has 0 spiro atoms. The summed E-state index contributed by atoms with van der Waals surface area (Å²) in [7, 11) is 0. The standard InChI is InChI=1S/C13H14N2O3S/c1-2-17-13(16)12-15-14-11(18-12)10-7-8-5-3-4-6-9(8)19-10/h7H,2-6H2,1H3. The first-order chi connectivity index (χ1) is 9.28. The number of fused-ring (bicyclic) bond motifs is 1. The Balaban J connectivity index is 1.86. The van der Waals surface area contributed by atoms with Gasteiger partial charge >= 0.3 is 11.9 Å². The number of nitrogens with zero attached hydrogens (tertiary/aromatic N) is 2. The number of hydrogen-bond donors (Lipinski definition) is 0. The fourth-order valence-electron chi connectivity index (χ4n) is 2.19. The van der Waals surface area contributed by atoms with Crippen LogP contribution in [0.1, 0.15) is 40.9 Å². The number of esters is 1. The van der Waals surface area contributed by atoms with Crippen molar-refractivity contribution >= 4 is 17.3 Å². The van der Waals surface area contributed by atoms with E-state index < -0.39 is 5.97 Å². The third-order valence-electron chi connectivity index (χ3n) is 3.08. The van der Waals surface area contributed by atoms with Gasteiger partial charge in [0.1, 0.15) is 0 Å². The smallest absolute Gasteiger partial charge is 0.396 e. The number of rotatable bonds is 3. The zero-order valence-corrected chi connectivity index (χ0v) is 11.5. The minimum Gasteiger partial charge on any atom is -0.459 e. The van der Waals surface area contributed by atoms with Crippen molar-refractivity contribution in [3.63, 3.8) is 0 Å². The van der Waals surface area contributed by atoms with Gasteiger partial charge in [-0.05, 0) is 44.2 Å². The van der Waals surface area contributed by atoms with Crippen molar-refractivity contribution in [2.24, 2.45) is 0 Å². The van der Waals surface area contributed by atoms with Gasteiger partial charge in [-0.1, -0.05) is 0 Å². The molecule has 1 aliphatic rings. The lowest BCUT2D eigenvalue weighted by Crippen LogP contribution is -2.04. The molecular formula is C13H14N2O3S. The highest BCUT2D eigenvalue weighted by Gasteiger charge is 2.20. The second-order valence-corrected chi connectivity index (χ2v) is 5.54. The van der Waals surface area contributed by atoms with Crippen molar-refractivity contribution in [3.8, 4) is 10.8 Å². The molecule has 0 saturated carbocycles. The Morgan fingerprint density at radius 3 is 3.05 bits per heavy atom. The molecule has 0 aliphatic heterocycles. The van der Waals surface area contributed by atoms with Crippen molar-refractivity contribution in [2.75, 3.05) is 6.61 Å². The summed E-state index contributed by atoms with van der Waals surface area (Å²) in [4.78, 5) is 13.8. The molecule has 0 atom stereocenters. The van der Waals surface area contributed by atoms with E-state index in [1.165, 1.54) is 23.3 Å². The summed E-state index contributed by atoms with van der Waals surface area (Å²) in [5, 5.41) is 7.66. The Hall–Kier alpha value is -1.69. The molecule has 6 heteroatoms. The fraction of sp³-hybridized carbons (Fsp3) is 0.462. The van der Waals surface area contributed by atoms with E-state index in [-0.39, 0.29) is 5.89 Å². The Morgan fingerprint density at radius 2 is 2.26 bits per heavy atom. The topological polar surface area (TPSA) is 65.2 Å². The van der Waals surface area contributed by atoms with Crippen molar-refractivity contribution in [2.45, 2.75) is 32.6 Å². The maximum Gasteiger partial charge on any atom is 0.396 e. The van der Waals surface area contributed by atoms with E-state index in [1.807, 2.05) is 0 Å². The normalized spacial score (nSPS) is 14.2. The third-order valence-corrected chi connectivity index (χ3v) is 4.31. The molecule has 0 bridgehead atoms. The van der Waals surface area contributed by atoms with Crippen LogP contribution in [0.3, 0.4) is 0 Å². The molecule has 0 saturated heterocycles. The molecule has 0 aromatic carbocycles. The summed E-state index contributed by atoms with van der Waals surface area (Å²) in [5.74, 6) is -0.242. The number of carbonyl (C=O) groups excluding carboxylic acids is 1. The molecule has 5 nitrogen and oxygen atoms in total. The number of ether oxygens (including phenoxy) is 1. The molecule has 2 aromatic rings. The van der Waals surface area contributed by atoms with E-state index in [4.69, 9.17) is 9.15 Å². The Labute approximate surface area is 114 Å². The van der Waals surface area contributed by atoms with E-state index in [0.717, 1.165) is 17.7 Å². The molecule has 0 fully saturated rings. The minimum atomic E-state index is -0.567. The highest BCUT2D eigenvalue weighted by atomic mass is 32.1. The van der Waals surface area contributed by atoms with Gasteiger partial charge in [-0.25, -0.2) is 4.79 Å². The molecule has 0 radical (unpaired) electrons. The monoisotopic (exact) mass is 278 g/mol. The van der Waals surface area contributed by atoms with E-state index in [9.17, 15) is 4.79 Å². The van der Waals surface area contributed by atoms with Crippen molar-refractivity contribution in [1.82, 2.24) is 10.2 Å². The molecule has 2 heterocycles. The van der Waals surface area contributed by atoms with Crippen LogP contribution in [0.25, 0.3) is 10.8 Å². The zero-order valence-electron chi connectivity index (χ0n) is 10.6. The first-order valence-corrected chi connectivity index (χ1v) is 7.22. The molecule has 1 aliphatic carbocycles. The van der Waals surface area contributed by atoms with Crippen LogP contribution in [0.5, 0.6) is 0 Å². The number of aryl methyl sites for hydroxylation is 2. The van der Waals surface area contributed by atoms with Crippen LogP contribution >= 0.6 is 11.3 Å². The van der Waals surface area contributed by atoms with Crippen LogP contribution in [-0.2, 0) is 17.6 Å². The van der Waals surface area contributed by atoms with E-state index in [1.54, 1.807) is 18.3 Å². The van der Waals surface area contributed by atoms with E-state index >= 15 is 0 Å². The summed E-state index contributed by atoms with van der Waals surface area (Å²) in [5.41, 5.74) is 1.38. The van der Waals surface area contributed by atoms with Gasteiger partial charge in [-0.2, -0.15) is 0 Å². The molecule has 0 amide bonds. The predicted octanol–water partition coefficient (Wildman–Crippen LogP) is 2.85. The SMILES string of the molecule is CCOC(=O)c1nnc(-c2cc3c(s2)CCCC3)o1. The Morgan fingerprint density at radius 1 is 1.42 bits per heavy atom.